The molecule has 0 bridgehead atoms. The molecule has 1 heterocycles. The first-order chi connectivity index (χ1) is 14.8. The van der Waals surface area contributed by atoms with Gasteiger partial charge in [-0.15, -0.1) is 0 Å². The van der Waals surface area contributed by atoms with Gasteiger partial charge < -0.3 is 4.57 Å². The van der Waals surface area contributed by atoms with E-state index in [-0.39, 0.29) is 22.0 Å². The highest BCUT2D eigenvalue weighted by Crippen LogP contribution is 2.30. The third kappa shape index (κ3) is 3.96. The van der Waals surface area contributed by atoms with Crippen molar-refractivity contribution in [1.82, 2.24) is 9.29 Å². The first-order valence-electron chi connectivity index (χ1n) is 9.76. The molecule has 0 saturated heterocycles. The molecule has 0 saturated carbocycles. The van der Waals surface area contributed by atoms with Gasteiger partial charge in [-0.25, -0.2) is 17.5 Å². The maximum atomic E-state index is 14.5. The molecule has 3 aromatic carbocycles. The number of amides is 1. The van der Waals surface area contributed by atoms with Gasteiger partial charge >= 0.3 is 0 Å². The average molecular weight is 437 g/mol. The summed E-state index contributed by atoms with van der Waals surface area (Å²) in [4.78, 5) is 13.1. The molecule has 0 aliphatic heterocycles. The lowest BCUT2D eigenvalue weighted by molar-refractivity contribution is 0.0972. The van der Waals surface area contributed by atoms with Crippen molar-refractivity contribution in [1.29, 1.82) is 0 Å². The van der Waals surface area contributed by atoms with Crippen LogP contribution >= 0.6 is 0 Å². The first-order valence-corrected chi connectivity index (χ1v) is 11.2. The van der Waals surface area contributed by atoms with Gasteiger partial charge in [0.05, 0.1) is 16.5 Å². The Balaban J connectivity index is 1.80. The summed E-state index contributed by atoms with van der Waals surface area (Å²) >= 11 is 0. The largest absolute Gasteiger partial charge is 0.329 e. The van der Waals surface area contributed by atoms with Gasteiger partial charge in [0.15, 0.2) is 0 Å². The fraction of sp³-hybridized carbons (Fsp3) is 0.125. The number of rotatable bonds is 5. The van der Waals surface area contributed by atoms with Crippen molar-refractivity contribution in [3.63, 3.8) is 0 Å². The SMILES string of the molecule is Cc1ccc(S(=O)(=O)NC(=O)c2cc3c(F)cccc3n2C(C)c2ccccc2)cc1. The van der Waals surface area contributed by atoms with Crippen molar-refractivity contribution in [3.8, 4) is 0 Å². The molecule has 31 heavy (non-hydrogen) atoms. The second kappa shape index (κ2) is 8.00. The summed E-state index contributed by atoms with van der Waals surface area (Å²) < 4.78 is 43.8. The normalized spacial score (nSPS) is 12.6. The number of hydrogen-bond donors (Lipinski definition) is 1. The lowest BCUT2D eigenvalue weighted by atomic mass is 10.1. The molecule has 1 amide bonds. The fourth-order valence-corrected chi connectivity index (χ4v) is 4.60. The number of sulfonamides is 1. The molecule has 4 rings (SSSR count). The average Bonchev–Trinajstić information content (AvgIpc) is 3.15. The van der Waals surface area contributed by atoms with Gasteiger partial charge in [0.25, 0.3) is 15.9 Å². The quantitative estimate of drug-likeness (QED) is 0.488. The van der Waals surface area contributed by atoms with Crippen molar-refractivity contribution in [2.75, 3.05) is 0 Å². The Morgan fingerprint density at radius 1 is 0.968 bits per heavy atom. The third-order valence-electron chi connectivity index (χ3n) is 5.29. The number of aromatic nitrogens is 1. The Kier molecular flexibility index (Phi) is 5.37. The van der Waals surface area contributed by atoms with E-state index in [4.69, 9.17) is 0 Å². The van der Waals surface area contributed by atoms with Crippen LogP contribution in [0.2, 0.25) is 0 Å². The first kappa shape index (κ1) is 20.8. The molecule has 1 unspecified atom stereocenters. The molecule has 0 fully saturated rings. The van der Waals surface area contributed by atoms with Gasteiger partial charge in [-0.2, -0.15) is 0 Å². The smallest absolute Gasteiger partial charge is 0.281 e. The van der Waals surface area contributed by atoms with E-state index in [1.54, 1.807) is 28.8 Å². The predicted molar refractivity (Wildman–Crippen MR) is 118 cm³/mol. The number of halogens is 1. The Morgan fingerprint density at radius 3 is 2.32 bits per heavy atom. The van der Waals surface area contributed by atoms with E-state index in [1.165, 1.54) is 24.3 Å². The Labute approximate surface area is 180 Å². The molecular formula is C24H21FN2O3S. The summed E-state index contributed by atoms with van der Waals surface area (Å²) in [5.74, 6) is -1.30. The number of fused-ring (bicyclic) bond motifs is 1. The third-order valence-corrected chi connectivity index (χ3v) is 6.64. The van der Waals surface area contributed by atoms with Gasteiger partial charge in [-0.05, 0) is 49.7 Å². The van der Waals surface area contributed by atoms with Gasteiger partial charge in [0.2, 0.25) is 0 Å². The number of nitrogens with zero attached hydrogens (tertiary/aromatic N) is 1. The molecule has 4 aromatic rings. The Hall–Kier alpha value is -3.45. The highest BCUT2D eigenvalue weighted by Gasteiger charge is 2.25. The van der Waals surface area contributed by atoms with Crippen LogP contribution in [0.5, 0.6) is 0 Å². The van der Waals surface area contributed by atoms with Gasteiger partial charge in [0.1, 0.15) is 11.5 Å². The van der Waals surface area contributed by atoms with Gasteiger partial charge in [-0.3, -0.25) is 4.79 Å². The minimum Gasteiger partial charge on any atom is -0.329 e. The zero-order valence-electron chi connectivity index (χ0n) is 17.0. The molecule has 1 atom stereocenters. The van der Waals surface area contributed by atoms with E-state index in [0.717, 1.165) is 11.1 Å². The van der Waals surface area contributed by atoms with Crippen molar-refractivity contribution >= 4 is 26.8 Å². The van der Waals surface area contributed by atoms with Crippen LogP contribution in [-0.2, 0) is 10.0 Å². The summed E-state index contributed by atoms with van der Waals surface area (Å²) in [5, 5.41) is 0.253. The number of carbonyl (C=O) groups is 1. The molecule has 158 valence electrons. The van der Waals surface area contributed by atoms with Crippen LogP contribution in [-0.4, -0.2) is 18.9 Å². The van der Waals surface area contributed by atoms with Crippen LogP contribution in [0, 0.1) is 12.7 Å². The summed E-state index contributed by atoms with van der Waals surface area (Å²) in [7, 11) is -4.09. The highest BCUT2D eigenvalue weighted by atomic mass is 32.2. The molecular weight excluding hydrogens is 415 g/mol. The molecule has 5 nitrogen and oxygen atoms in total. The highest BCUT2D eigenvalue weighted by molar-refractivity contribution is 7.90. The number of hydrogen-bond acceptors (Lipinski definition) is 3. The minimum absolute atomic E-state index is 0.0172. The van der Waals surface area contributed by atoms with E-state index in [9.17, 15) is 17.6 Å². The second-order valence-electron chi connectivity index (χ2n) is 7.41. The molecule has 1 N–H and O–H groups in total. The summed E-state index contributed by atoms with van der Waals surface area (Å²) in [6.45, 7) is 3.72. The van der Waals surface area contributed by atoms with Crippen LogP contribution in [0.25, 0.3) is 10.9 Å². The molecule has 0 radical (unpaired) electrons. The van der Waals surface area contributed by atoms with Crippen LogP contribution in [0.1, 0.15) is 34.6 Å². The monoisotopic (exact) mass is 436 g/mol. The van der Waals surface area contributed by atoms with E-state index in [0.29, 0.717) is 5.52 Å². The number of aryl methyl sites for hydroxylation is 1. The molecule has 7 heteroatoms. The zero-order chi connectivity index (χ0) is 22.2. The van der Waals surface area contributed by atoms with Crippen LogP contribution in [0.15, 0.2) is 83.8 Å². The zero-order valence-corrected chi connectivity index (χ0v) is 17.9. The maximum Gasteiger partial charge on any atom is 0.281 e. The van der Waals surface area contributed by atoms with Crippen LogP contribution < -0.4 is 4.72 Å². The molecule has 0 aliphatic rings. The fourth-order valence-electron chi connectivity index (χ4n) is 3.64. The van der Waals surface area contributed by atoms with Crippen molar-refractivity contribution in [2.45, 2.75) is 24.8 Å². The lowest BCUT2D eigenvalue weighted by Crippen LogP contribution is -2.32. The molecule has 1 aromatic heterocycles. The Bertz CT molecular complexity index is 1360. The Morgan fingerprint density at radius 2 is 1.65 bits per heavy atom. The minimum atomic E-state index is -4.09. The standard InChI is InChI=1S/C24H21FN2O3S/c1-16-11-13-19(14-12-16)31(29,30)26-24(28)23-15-20-21(25)9-6-10-22(20)27(23)17(2)18-7-4-3-5-8-18/h3-15,17H,1-2H3,(H,26,28). The van der Waals surface area contributed by atoms with E-state index < -0.39 is 21.7 Å². The van der Waals surface area contributed by atoms with Crippen LogP contribution in [0.3, 0.4) is 0 Å². The summed E-state index contributed by atoms with van der Waals surface area (Å²) in [5.41, 5.74) is 2.37. The topological polar surface area (TPSA) is 68.2 Å². The van der Waals surface area contributed by atoms with Crippen LogP contribution in [0.4, 0.5) is 4.39 Å². The molecule has 0 aliphatic carbocycles. The van der Waals surface area contributed by atoms with E-state index >= 15 is 0 Å². The summed E-state index contributed by atoms with van der Waals surface area (Å²) in [6.07, 6.45) is 0. The van der Waals surface area contributed by atoms with E-state index in [1.807, 2.05) is 44.2 Å². The number of nitrogens with one attached hydrogen (secondary N) is 1. The van der Waals surface area contributed by atoms with Crippen molar-refractivity contribution < 1.29 is 17.6 Å². The van der Waals surface area contributed by atoms with Crippen molar-refractivity contribution in [2.24, 2.45) is 0 Å². The maximum absolute atomic E-state index is 14.5. The van der Waals surface area contributed by atoms with Gasteiger partial charge in [0, 0.05) is 5.39 Å². The summed E-state index contributed by atoms with van der Waals surface area (Å²) in [6, 6.07) is 21.3. The number of carbonyl (C=O) groups excluding carboxylic acids is 1. The lowest BCUT2D eigenvalue weighted by Gasteiger charge is -2.19. The van der Waals surface area contributed by atoms with E-state index in [2.05, 4.69) is 4.72 Å². The predicted octanol–water partition coefficient (Wildman–Crippen LogP) is 4.82. The molecule has 0 spiro atoms. The second-order valence-corrected chi connectivity index (χ2v) is 9.09. The van der Waals surface area contributed by atoms with Crippen molar-refractivity contribution in [3.05, 3.63) is 102 Å². The van der Waals surface area contributed by atoms with Gasteiger partial charge in [-0.1, -0.05) is 54.1 Å². The number of benzene rings is 3.